The summed E-state index contributed by atoms with van der Waals surface area (Å²) < 4.78 is 14.8. The normalized spacial score (nSPS) is 18.8. The SMILES string of the molecule is NCC(F)(Cc1cccc2ccccc12)C1CC1. The molecule has 0 bridgehead atoms. The zero-order valence-corrected chi connectivity index (χ0v) is 10.4. The fourth-order valence-corrected chi connectivity index (χ4v) is 2.75. The average molecular weight is 243 g/mol. The van der Waals surface area contributed by atoms with Crippen molar-refractivity contribution in [3.05, 3.63) is 48.0 Å². The van der Waals surface area contributed by atoms with Crippen molar-refractivity contribution in [1.29, 1.82) is 0 Å². The molecule has 1 saturated carbocycles. The first-order valence-electron chi connectivity index (χ1n) is 6.58. The number of fused-ring (bicyclic) bond motifs is 1. The van der Waals surface area contributed by atoms with Crippen molar-refractivity contribution < 1.29 is 4.39 Å². The molecule has 1 aliphatic carbocycles. The van der Waals surface area contributed by atoms with Gasteiger partial charge in [0.25, 0.3) is 0 Å². The maximum atomic E-state index is 14.8. The molecule has 18 heavy (non-hydrogen) atoms. The third-order valence-electron chi connectivity index (χ3n) is 4.01. The van der Waals surface area contributed by atoms with Gasteiger partial charge in [-0.2, -0.15) is 0 Å². The maximum absolute atomic E-state index is 14.8. The minimum absolute atomic E-state index is 0.126. The van der Waals surface area contributed by atoms with Crippen molar-refractivity contribution >= 4 is 10.8 Å². The molecule has 2 heteroatoms. The lowest BCUT2D eigenvalue weighted by Gasteiger charge is -2.24. The van der Waals surface area contributed by atoms with E-state index in [-0.39, 0.29) is 12.5 Å². The van der Waals surface area contributed by atoms with Crippen molar-refractivity contribution in [3.8, 4) is 0 Å². The first-order valence-corrected chi connectivity index (χ1v) is 6.58. The molecular formula is C16H18FN. The highest BCUT2D eigenvalue weighted by Gasteiger charge is 2.44. The molecule has 0 aliphatic heterocycles. The predicted molar refractivity (Wildman–Crippen MR) is 73.3 cm³/mol. The Balaban J connectivity index is 1.99. The number of hydrogen-bond acceptors (Lipinski definition) is 1. The molecule has 3 rings (SSSR count). The van der Waals surface area contributed by atoms with Gasteiger partial charge in [-0.25, -0.2) is 4.39 Å². The summed E-state index contributed by atoms with van der Waals surface area (Å²) in [6.45, 7) is 0.126. The molecule has 2 aromatic rings. The molecule has 2 aromatic carbocycles. The molecule has 1 unspecified atom stereocenters. The molecule has 0 aromatic heterocycles. The molecule has 0 heterocycles. The lowest BCUT2D eigenvalue weighted by Crippen LogP contribution is -2.37. The van der Waals surface area contributed by atoms with Gasteiger partial charge in [0, 0.05) is 13.0 Å². The Hall–Kier alpha value is -1.41. The fourth-order valence-electron chi connectivity index (χ4n) is 2.75. The van der Waals surface area contributed by atoms with Crippen LogP contribution in [0.25, 0.3) is 10.8 Å². The van der Waals surface area contributed by atoms with Gasteiger partial charge >= 0.3 is 0 Å². The van der Waals surface area contributed by atoms with E-state index in [9.17, 15) is 4.39 Å². The number of nitrogens with two attached hydrogens (primary N) is 1. The van der Waals surface area contributed by atoms with E-state index >= 15 is 0 Å². The van der Waals surface area contributed by atoms with Gasteiger partial charge in [0.1, 0.15) is 5.67 Å². The van der Waals surface area contributed by atoms with E-state index < -0.39 is 5.67 Å². The van der Waals surface area contributed by atoms with Gasteiger partial charge in [-0.1, -0.05) is 42.5 Å². The monoisotopic (exact) mass is 243 g/mol. The largest absolute Gasteiger partial charge is 0.328 e. The van der Waals surface area contributed by atoms with Gasteiger partial charge in [-0.3, -0.25) is 0 Å². The Labute approximate surface area is 107 Å². The highest BCUT2D eigenvalue weighted by Crippen LogP contribution is 2.44. The Morgan fingerprint density at radius 1 is 1.11 bits per heavy atom. The van der Waals surface area contributed by atoms with Gasteiger partial charge in [0.15, 0.2) is 0 Å². The van der Waals surface area contributed by atoms with E-state index in [0.717, 1.165) is 23.8 Å². The van der Waals surface area contributed by atoms with Crippen LogP contribution >= 0.6 is 0 Å². The van der Waals surface area contributed by atoms with Crippen LogP contribution in [0.5, 0.6) is 0 Å². The summed E-state index contributed by atoms with van der Waals surface area (Å²) in [4.78, 5) is 0. The van der Waals surface area contributed by atoms with Crippen LogP contribution < -0.4 is 5.73 Å². The van der Waals surface area contributed by atoms with E-state index in [1.807, 2.05) is 24.3 Å². The van der Waals surface area contributed by atoms with E-state index in [1.54, 1.807) is 0 Å². The van der Waals surface area contributed by atoms with Crippen LogP contribution in [0.1, 0.15) is 18.4 Å². The molecule has 0 spiro atoms. The zero-order valence-electron chi connectivity index (χ0n) is 10.4. The highest BCUT2D eigenvalue weighted by molar-refractivity contribution is 5.85. The van der Waals surface area contributed by atoms with E-state index in [4.69, 9.17) is 5.73 Å². The number of benzene rings is 2. The molecule has 1 aliphatic rings. The van der Waals surface area contributed by atoms with Gasteiger partial charge < -0.3 is 5.73 Å². The minimum Gasteiger partial charge on any atom is -0.328 e. The van der Waals surface area contributed by atoms with Gasteiger partial charge in [-0.05, 0) is 35.1 Å². The third kappa shape index (κ3) is 2.01. The van der Waals surface area contributed by atoms with Crippen LogP contribution in [0, 0.1) is 5.92 Å². The Morgan fingerprint density at radius 2 is 1.83 bits per heavy atom. The van der Waals surface area contributed by atoms with Crippen LogP contribution in [-0.2, 0) is 6.42 Å². The lowest BCUT2D eigenvalue weighted by atomic mass is 9.89. The summed E-state index contributed by atoms with van der Waals surface area (Å²) >= 11 is 0. The van der Waals surface area contributed by atoms with E-state index in [1.165, 1.54) is 5.39 Å². The fraction of sp³-hybridized carbons (Fsp3) is 0.375. The number of alkyl halides is 1. The number of hydrogen-bond donors (Lipinski definition) is 1. The molecule has 2 N–H and O–H groups in total. The summed E-state index contributed by atoms with van der Waals surface area (Å²) in [5.41, 5.74) is 5.52. The number of halogens is 1. The lowest BCUT2D eigenvalue weighted by molar-refractivity contribution is 0.143. The number of rotatable bonds is 4. The highest BCUT2D eigenvalue weighted by atomic mass is 19.1. The standard InChI is InChI=1S/C16H18FN/c17-16(11-18,14-8-9-14)10-13-6-3-5-12-4-1-2-7-15(12)13/h1-7,14H,8-11,18H2. The second-order valence-electron chi connectivity index (χ2n) is 5.33. The molecule has 0 amide bonds. The second kappa shape index (κ2) is 4.36. The van der Waals surface area contributed by atoms with Crippen molar-refractivity contribution in [1.82, 2.24) is 0 Å². The molecule has 0 radical (unpaired) electrons. The first-order chi connectivity index (χ1) is 8.73. The Morgan fingerprint density at radius 3 is 2.56 bits per heavy atom. The van der Waals surface area contributed by atoms with Crippen molar-refractivity contribution in [3.63, 3.8) is 0 Å². The zero-order chi connectivity index (χ0) is 12.6. The quantitative estimate of drug-likeness (QED) is 0.874. The van der Waals surface area contributed by atoms with E-state index in [0.29, 0.717) is 6.42 Å². The van der Waals surface area contributed by atoms with Gasteiger partial charge in [0.2, 0.25) is 0 Å². The summed E-state index contributed by atoms with van der Waals surface area (Å²) in [7, 11) is 0. The average Bonchev–Trinajstić information content (AvgIpc) is 3.24. The van der Waals surface area contributed by atoms with Crippen LogP contribution in [0.3, 0.4) is 0 Å². The van der Waals surface area contributed by atoms with Crippen LogP contribution in [0.2, 0.25) is 0 Å². The smallest absolute Gasteiger partial charge is 0.130 e. The third-order valence-corrected chi connectivity index (χ3v) is 4.01. The summed E-state index contributed by atoms with van der Waals surface area (Å²) in [6, 6.07) is 14.2. The summed E-state index contributed by atoms with van der Waals surface area (Å²) in [6.07, 6.45) is 2.41. The molecule has 1 fully saturated rings. The van der Waals surface area contributed by atoms with Crippen molar-refractivity contribution in [2.24, 2.45) is 11.7 Å². The van der Waals surface area contributed by atoms with Crippen LogP contribution in [0.4, 0.5) is 4.39 Å². The van der Waals surface area contributed by atoms with Crippen LogP contribution in [-0.4, -0.2) is 12.2 Å². The molecule has 1 atom stereocenters. The summed E-state index contributed by atoms with van der Waals surface area (Å²) in [5, 5.41) is 2.32. The minimum atomic E-state index is -1.22. The maximum Gasteiger partial charge on any atom is 0.130 e. The van der Waals surface area contributed by atoms with Gasteiger partial charge in [-0.15, -0.1) is 0 Å². The van der Waals surface area contributed by atoms with Gasteiger partial charge in [0.05, 0.1) is 0 Å². The Kier molecular flexibility index (Phi) is 2.83. The Bertz CT molecular complexity index is 557. The van der Waals surface area contributed by atoms with Crippen LogP contribution in [0.15, 0.2) is 42.5 Å². The topological polar surface area (TPSA) is 26.0 Å². The molecule has 0 saturated heterocycles. The van der Waals surface area contributed by atoms with Crippen molar-refractivity contribution in [2.75, 3.05) is 6.54 Å². The molecule has 94 valence electrons. The van der Waals surface area contributed by atoms with E-state index in [2.05, 4.69) is 18.2 Å². The van der Waals surface area contributed by atoms with Crippen molar-refractivity contribution in [2.45, 2.75) is 24.9 Å². The molecule has 1 nitrogen and oxygen atoms in total. The second-order valence-corrected chi connectivity index (χ2v) is 5.33. The summed E-state index contributed by atoms with van der Waals surface area (Å²) in [5.74, 6) is 0.168. The molecular weight excluding hydrogens is 225 g/mol. The first kappa shape index (κ1) is 11.7. The predicted octanol–water partition coefficient (Wildman–Crippen LogP) is 3.46.